The average molecular weight is 401 g/mol. The Morgan fingerprint density at radius 3 is 2.62 bits per heavy atom. The summed E-state index contributed by atoms with van der Waals surface area (Å²) >= 11 is 1.89. The predicted octanol–water partition coefficient (Wildman–Crippen LogP) is 3.98. The fourth-order valence-corrected chi connectivity index (χ4v) is 2.18. The fourth-order valence-electron chi connectivity index (χ4n) is 1.57. The van der Waals surface area contributed by atoms with Crippen molar-refractivity contribution in [2.24, 2.45) is 0 Å². The molecule has 108 valence electrons. The minimum Gasteiger partial charge on any atom is -0.307 e. The van der Waals surface area contributed by atoms with E-state index in [2.05, 4.69) is 10.6 Å². The second-order valence-corrected chi connectivity index (χ2v) is 5.17. The van der Waals surface area contributed by atoms with Crippen molar-refractivity contribution in [1.29, 1.82) is 0 Å². The number of hydrogen-bond donors (Lipinski definition) is 2. The SMILES string of the molecule is O=C(Nc1cccc([N+](=O)[O-])c1)Nc1ccc(F)cc1I. The first-order chi connectivity index (χ1) is 9.95. The van der Waals surface area contributed by atoms with E-state index in [1.807, 2.05) is 22.6 Å². The molecule has 0 aliphatic heterocycles. The molecule has 21 heavy (non-hydrogen) atoms. The van der Waals surface area contributed by atoms with Crippen LogP contribution in [0.2, 0.25) is 0 Å². The second kappa shape index (κ2) is 6.48. The Bertz CT molecular complexity index is 709. The highest BCUT2D eigenvalue weighted by atomic mass is 127. The van der Waals surface area contributed by atoms with Crippen molar-refractivity contribution in [3.05, 3.63) is 62.0 Å². The molecule has 0 radical (unpaired) electrons. The topological polar surface area (TPSA) is 84.3 Å². The van der Waals surface area contributed by atoms with Crippen molar-refractivity contribution < 1.29 is 14.1 Å². The first-order valence-corrected chi connectivity index (χ1v) is 6.81. The second-order valence-electron chi connectivity index (χ2n) is 4.01. The maximum absolute atomic E-state index is 13.0. The van der Waals surface area contributed by atoms with Gasteiger partial charge in [0.15, 0.2) is 0 Å². The summed E-state index contributed by atoms with van der Waals surface area (Å²) in [5.74, 6) is -0.399. The van der Waals surface area contributed by atoms with E-state index in [-0.39, 0.29) is 5.69 Å². The van der Waals surface area contributed by atoms with Crippen molar-refractivity contribution >= 4 is 45.7 Å². The standard InChI is InChI=1S/C13H9FIN3O3/c14-8-4-5-12(11(15)6-8)17-13(19)16-9-2-1-3-10(7-9)18(20)21/h1-7H,(H2,16,17,19). The molecular formula is C13H9FIN3O3. The van der Waals surface area contributed by atoms with E-state index >= 15 is 0 Å². The maximum Gasteiger partial charge on any atom is 0.323 e. The molecule has 2 amide bonds. The molecular weight excluding hydrogens is 392 g/mol. The Morgan fingerprint density at radius 2 is 1.95 bits per heavy atom. The summed E-state index contributed by atoms with van der Waals surface area (Å²) in [4.78, 5) is 21.9. The molecule has 2 aromatic carbocycles. The van der Waals surface area contributed by atoms with Crippen molar-refractivity contribution in [1.82, 2.24) is 0 Å². The third-order valence-electron chi connectivity index (χ3n) is 2.49. The number of halogens is 2. The third kappa shape index (κ3) is 4.12. The number of benzene rings is 2. The Labute approximate surface area is 132 Å². The summed E-state index contributed by atoms with van der Waals surface area (Å²) < 4.78 is 13.5. The van der Waals surface area contributed by atoms with E-state index < -0.39 is 16.8 Å². The van der Waals surface area contributed by atoms with E-state index in [9.17, 15) is 19.3 Å². The molecule has 0 fully saturated rings. The summed E-state index contributed by atoms with van der Waals surface area (Å²) in [6, 6.07) is 8.94. The number of nitrogens with one attached hydrogen (secondary N) is 2. The van der Waals surface area contributed by atoms with Gasteiger partial charge in [-0.25, -0.2) is 9.18 Å². The lowest BCUT2D eigenvalue weighted by atomic mass is 10.3. The normalized spacial score (nSPS) is 10.0. The minimum atomic E-state index is -0.569. The van der Waals surface area contributed by atoms with Gasteiger partial charge in [-0.1, -0.05) is 6.07 Å². The molecule has 0 heterocycles. The van der Waals surface area contributed by atoms with Crippen molar-refractivity contribution in [3.8, 4) is 0 Å². The highest BCUT2D eigenvalue weighted by Crippen LogP contribution is 2.20. The van der Waals surface area contributed by atoms with Crippen LogP contribution in [0.3, 0.4) is 0 Å². The Kier molecular flexibility index (Phi) is 4.68. The molecule has 0 aromatic heterocycles. The minimum absolute atomic E-state index is 0.121. The number of carbonyl (C=O) groups excluding carboxylic acids is 1. The number of amides is 2. The van der Waals surface area contributed by atoms with Gasteiger partial charge in [-0.05, 0) is 46.9 Å². The molecule has 2 aromatic rings. The van der Waals surface area contributed by atoms with E-state index in [4.69, 9.17) is 0 Å². The number of carbonyl (C=O) groups is 1. The Balaban J connectivity index is 2.08. The number of nitro groups is 1. The van der Waals surface area contributed by atoms with Gasteiger partial charge in [-0.3, -0.25) is 10.1 Å². The number of rotatable bonds is 3. The number of anilines is 2. The molecule has 2 rings (SSSR count). The van der Waals surface area contributed by atoms with Gasteiger partial charge in [0.05, 0.1) is 10.6 Å². The summed E-state index contributed by atoms with van der Waals surface area (Å²) in [6.45, 7) is 0. The number of urea groups is 1. The molecule has 0 aliphatic carbocycles. The summed E-state index contributed by atoms with van der Waals surface area (Å²) in [7, 11) is 0. The molecule has 2 N–H and O–H groups in total. The van der Waals surface area contributed by atoms with Gasteiger partial charge in [-0.15, -0.1) is 0 Å². The molecule has 0 saturated heterocycles. The average Bonchev–Trinajstić information content (AvgIpc) is 2.42. The van der Waals surface area contributed by atoms with Gasteiger partial charge in [0.25, 0.3) is 5.69 Å². The lowest BCUT2D eigenvalue weighted by Gasteiger charge is -2.09. The Morgan fingerprint density at radius 1 is 1.19 bits per heavy atom. The zero-order valence-corrected chi connectivity index (χ0v) is 12.6. The molecule has 0 bridgehead atoms. The van der Waals surface area contributed by atoms with Crippen molar-refractivity contribution in [3.63, 3.8) is 0 Å². The number of nitro benzene ring substituents is 1. The van der Waals surface area contributed by atoms with E-state index in [0.717, 1.165) is 0 Å². The van der Waals surface area contributed by atoms with Gasteiger partial charge in [-0.2, -0.15) is 0 Å². The van der Waals surface area contributed by atoms with E-state index in [0.29, 0.717) is 14.9 Å². The van der Waals surface area contributed by atoms with E-state index in [1.165, 1.54) is 42.5 Å². The molecule has 0 aliphatic rings. The van der Waals surface area contributed by atoms with Gasteiger partial charge < -0.3 is 10.6 Å². The highest BCUT2D eigenvalue weighted by molar-refractivity contribution is 14.1. The molecule has 0 spiro atoms. The van der Waals surface area contributed by atoms with Crippen LogP contribution in [0.1, 0.15) is 0 Å². The van der Waals surface area contributed by atoms with Gasteiger partial charge in [0.1, 0.15) is 5.82 Å². The predicted molar refractivity (Wildman–Crippen MR) is 84.9 cm³/mol. The van der Waals surface area contributed by atoms with Crippen LogP contribution in [0.4, 0.5) is 26.2 Å². The summed E-state index contributed by atoms with van der Waals surface area (Å²) in [6.07, 6.45) is 0. The highest BCUT2D eigenvalue weighted by Gasteiger charge is 2.09. The first kappa shape index (κ1) is 15.2. The third-order valence-corrected chi connectivity index (χ3v) is 3.39. The van der Waals surface area contributed by atoms with Crippen LogP contribution in [-0.4, -0.2) is 11.0 Å². The Hall–Kier alpha value is -2.23. The number of non-ortho nitro benzene ring substituents is 1. The summed E-state index contributed by atoms with van der Waals surface area (Å²) in [5.41, 5.74) is 0.614. The monoisotopic (exact) mass is 401 g/mol. The van der Waals surface area contributed by atoms with Crippen LogP contribution in [-0.2, 0) is 0 Å². The van der Waals surface area contributed by atoms with Crippen LogP contribution >= 0.6 is 22.6 Å². The first-order valence-electron chi connectivity index (χ1n) is 5.73. The number of hydrogen-bond acceptors (Lipinski definition) is 3. The molecule has 0 unspecified atom stereocenters. The van der Waals surface area contributed by atoms with Crippen molar-refractivity contribution in [2.75, 3.05) is 10.6 Å². The van der Waals surface area contributed by atoms with Gasteiger partial charge >= 0.3 is 6.03 Å². The zero-order chi connectivity index (χ0) is 15.4. The number of nitrogens with zero attached hydrogens (tertiary/aromatic N) is 1. The quantitative estimate of drug-likeness (QED) is 0.464. The van der Waals surface area contributed by atoms with Crippen LogP contribution in [0.25, 0.3) is 0 Å². The van der Waals surface area contributed by atoms with Crippen LogP contribution in [0.5, 0.6) is 0 Å². The van der Waals surface area contributed by atoms with Gasteiger partial charge in [0.2, 0.25) is 0 Å². The van der Waals surface area contributed by atoms with Crippen LogP contribution < -0.4 is 10.6 Å². The fraction of sp³-hybridized carbons (Fsp3) is 0. The lowest BCUT2D eigenvalue weighted by molar-refractivity contribution is -0.384. The zero-order valence-electron chi connectivity index (χ0n) is 10.5. The van der Waals surface area contributed by atoms with E-state index in [1.54, 1.807) is 0 Å². The smallest absolute Gasteiger partial charge is 0.307 e. The molecule has 6 nitrogen and oxygen atoms in total. The van der Waals surface area contributed by atoms with Crippen LogP contribution in [0, 0.1) is 19.5 Å². The van der Waals surface area contributed by atoms with Crippen LogP contribution in [0.15, 0.2) is 42.5 Å². The molecule has 0 saturated carbocycles. The lowest BCUT2D eigenvalue weighted by Crippen LogP contribution is -2.20. The largest absolute Gasteiger partial charge is 0.323 e. The maximum atomic E-state index is 13.0. The molecule has 8 heteroatoms. The van der Waals surface area contributed by atoms with Gasteiger partial charge in [0, 0.05) is 21.4 Å². The summed E-state index contributed by atoms with van der Waals surface area (Å²) in [5, 5.41) is 15.7. The molecule has 0 atom stereocenters. The van der Waals surface area contributed by atoms with Crippen molar-refractivity contribution in [2.45, 2.75) is 0 Å².